The molecule has 0 spiro atoms. The Morgan fingerprint density at radius 1 is 1.26 bits per heavy atom. The van der Waals surface area contributed by atoms with Gasteiger partial charge in [0.05, 0.1) is 0 Å². The number of amides is 2. The maximum Gasteiger partial charge on any atom is 0.276 e. The number of carbonyl (C=O) groups is 2. The van der Waals surface area contributed by atoms with E-state index in [1.807, 2.05) is 13.8 Å². The van der Waals surface area contributed by atoms with Gasteiger partial charge < -0.3 is 10.1 Å². The number of ether oxygens (including phenoxy) is 1. The predicted octanol–water partition coefficient (Wildman–Crippen LogP) is 2.24. The molecule has 0 aliphatic heterocycles. The van der Waals surface area contributed by atoms with Crippen LogP contribution in [0, 0.1) is 6.92 Å². The quantitative estimate of drug-likeness (QED) is 0.537. The maximum absolute atomic E-state index is 11.7. The van der Waals surface area contributed by atoms with Gasteiger partial charge in [-0.2, -0.15) is 0 Å². The Labute approximate surface area is 145 Å². The van der Waals surface area contributed by atoms with Crippen LogP contribution in [0.25, 0.3) is 0 Å². The molecular weight excluding hydrogens is 338 g/mol. The molecule has 0 fully saturated rings. The van der Waals surface area contributed by atoms with Gasteiger partial charge in [0.2, 0.25) is 5.91 Å². The molecule has 0 radical (unpaired) electrons. The molecule has 0 atom stereocenters. The molecule has 0 saturated carbocycles. The van der Waals surface area contributed by atoms with Gasteiger partial charge in [0, 0.05) is 11.4 Å². The Kier molecular flexibility index (Phi) is 8.36. The summed E-state index contributed by atoms with van der Waals surface area (Å²) in [6.45, 7) is 3.63. The highest BCUT2D eigenvalue weighted by atomic mass is 35.5. The molecule has 126 valence electrons. The number of hydrogen-bond acceptors (Lipinski definition) is 4. The number of thiocarbonyl (C=S) groups is 1. The number of rotatable bonds is 6. The van der Waals surface area contributed by atoms with Gasteiger partial charge in [-0.15, -0.1) is 0 Å². The van der Waals surface area contributed by atoms with E-state index in [9.17, 15) is 9.59 Å². The van der Waals surface area contributed by atoms with Gasteiger partial charge in [-0.05, 0) is 49.3 Å². The van der Waals surface area contributed by atoms with Gasteiger partial charge in [0.15, 0.2) is 11.7 Å². The van der Waals surface area contributed by atoms with Crippen LogP contribution in [0.5, 0.6) is 5.75 Å². The molecule has 2 amide bonds. The van der Waals surface area contributed by atoms with Crippen molar-refractivity contribution < 1.29 is 14.3 Å². The van der Waals surface area contributed by atoms with E-state index in [0.717, 1.165) is 18.4 Å². The second kappa shape index (κ2) is 10.0. The minimum Gasteiger partial charge on any atom is -0.483 e. The smallest absolute Gasteiger partial charge is 0.276 e. The van der Waals surface area contributed by atoms with Gasteiger partial charge in [0.25, 0.3) is 5.91 Å². The highest BCUT2D eigenvalue weighted by molar-refractivity contribution is 7.80. The minimum absolute atomic E-state index is 0.0436. The molecule has 1 aromatic carbocycles. The Balaban J connectivity index is 2.28. The molecule has 6 nitrogen and oxygen atoms in total. The molecule has 0 unspecified atom stereocenters. The van der Waals surface area contributed by atoms with E-state index >= 15 is 0 Å². The van der Waals surface area contributed by atoms with Gasteiger partial charge in [-0.25, -0.2) is 0 Å². The molecule has 0 bridgehead atoms. The van der Waals surface area contributed by atoms with E-state index in [-0.39, 0.29) is 17.6 Å². The molecule has 0 heterocycles. The lowest BCUT2D eigenvalue weighted by atomic mass is 10.2. The lowest BCUT2D eigenvalue weighted by Crippen LogP contribution is -2.49. The van der Waals surface area contributed by atoms with Crippen LogP contribution in [0.15, 0.2) is 18.2 Å². The third-order valence-electron chi connectivity index (χ3n) is 2.82. The number of benzene rings is 1. The van der Waals surface area contributed by atoms with E-state index in [0.29, 0.717) is 17.2 Å². The molecule has 0 aliphatic carbocycles. The van der Waals surface area contributed by atoms with E-state index in [1.165, 1.54) is 0 Å². The number of aryl methyl sites for hydroxylation is 1. The lowest BCUT2D eigenvalue weighted by Gasteiger charge is -2.12. The van der Waals surface area contributed by atoms with Crippen LogP contribution in [0.1, 0.15) is 31.7 Å². The van der Waals surface area contributed by atoms with Crippen molar-refractivity contribution in [3.05, 3.63) is 28.8 Å². The summed E-state index contributed by atoms with van der Waals surface area (Å²) in [5, 5.41) is 3.12. The zero-order valence-electron chi connectivity index (χ0n) is 13.1. The minimum atomic E-state index is -0.426. The summed E-state index contributed by atoms with van der Waals surface area (Å²) in [6, 6.07) is 5.12. The lowest BCUT2D eigenvalue weighted by molar-refractivity contribution is -0.124. The molecular formula is C15H20ClN3O3S. The maximum atomic E-state index is 11.7. The second-order valence-corrected chi connectivity index (χ2v) is 5.70. The topological polar surface area (TPSA) is 79.5 Å². The fourth-order valence-corrected chi connectivity index (χ4v) is 2.03. The van der Waals surface area contributed by atoms with Crippen LogP contribution in [0.2, 0.25) is 5.02 Å². The fraction of sp³-hybridized carbons (Fsp3) is 0.400. The first-order chi connectivity index (χ1) is 10.9. The Morgan fingerprint density at radius 2 is 2.00 bits per heavy atom. The molecule has 8 heteroatoms. The zero-order chi connectivity index (χ0) is 17.2. The van der Waals surface area contributed by atoms with Crippen molar-refractivity contribution in [3.63, 3.8) is 0 Å². The molecule has 1 rings (SSSR count). The molecule has 0 aliphatic rings. The fourth-order valence-electron chi connectivity index (χ4n) is 1.64. The number of carbonyl (C=O) groups excluding carboxylic acids is 2. The van der Waals surface area contributed by atoms with Gasteiger partial charge in [-0.1, -0.05) is 24.9 Å². The van der Waals surface area contributed by atoms with Gasteiger partial charge >= 0.3 is 0 Å². The monoisotopic (exact) mass is 357 g/mol. The largest absolute Gasteiger partial charge is 0.483 e. The average molecular weight is 358 g/mol. The van der Waals surface area contributed by atoms with Gasteiger partial charge in [0.1, 0.15) is 5.75 Å². The summed E-state index contributed by atoms with van der Waals surface area (Å²) in [5.74, 6) is -0.0452. The van der Waals surface area contributed by atoms with Crippen LogP contribution >= 0.6 is 23.8 Å². The van der Waals surface area contributed by atoms with Crippen LogP contribution in [0.4, 0.5) is 0 Å². The van der Waals surface area contributed by atoms with Crippen LogP contribution in [0.3, 0.4) is 0 Å². The third-order valence-corrected chi connectivity index (χ3v) is 3.26. The first-order valence-electron chi connectivity index (χ1n) is 7.20. The molecule has 0 saturated heterocycles. The molecule has 3 N–H and O–H groups in total. The van der Waals surface area contributed by atoms with Crippen LogP contribution in [-0.4, -0.2) is 23.5 Å². The summed E-state index contributed by atoms with van der Waals surface area (Å²) in [4.78, 5) is 23.1. The van der Waals surface area contributed by atoms with Crippen molar-refractivity contribution in [3.8, 4) is 5.75 Å². The highest BCUT2D eigenvalue weighted by Crippen LogP contribution is 2.21. The van der Waals surface area contributed by atoms with E-state index in [1.54, 1.807) is 18.2 Å². The molecule has 23 heavy (non-hydrogen) atoms. The number of hydrazine groups is 1. The Bertz CT molecular complexity index is 581. The van der Waals surface area contributed by atoms with E-state index < -0.39 is 5.91 Å². The van der Waals surface area contributed by atoms with Crippen LogP contribution in [-0.2, 0) is 9.59 Å². The number of unbranched alkanes of at least 4 members (excludes halogenated alkanes) is 1. The van der Waals surface area contributed by atoms with Crippen molar-refractivity contribution in [1.29, 1.82) is 0 Å². The predicted molar refractivity (Wildman–Crippen MR) is 93.2 cm³/mol. The Morgan fingerprint density at radius 3 is 2.65 bits per heavy atom. The second-order valence-electron chi connectivity index (χ2n) is 4.85. The van der Waals surface area contributed by atoms with Crippen molar-refractivity contribution in [2.75, 3.05) is 6.61 Å². The number of hydrogen-bond donors (Lipinski definition) is 3. The average Bonchev–Trinajstić information content (AvgIpc) is 2.50. The third kappa shape index (κ3) is 7.80. The van der Waals surface area contributed by atoms with Gasteiger partial charge in [-0.3, -0.25) is 20.4 Å². The van der Waals surface area contributed by atoms with E-state index in [4.69, 9.17) is 28.6 Å². The van der Waals surface area contributed by atoms with Crippen molar-refractivity contribution in [2.45, 2.75) is 33.1 Å². The number of nitrogens with one attached hydrogen (secondary N) is 3. The number of halogens is 1. The summed E-state index contributed by atoms with van der Waals surface area (Å²) in [5.41, 5.74) is 5.63. The first-order valence-corrected chi connectivity index (χ1v) is 7.98. The van der Waals surface area contributed by atoms with Crippen molar-refractivity contribution in [1.82, 2.24) is 16.2 Å². The summed E-state index contributed by atoms with van der Waals surface area (Å²) in [6.07, 6.45) is 2.10. The highest BCUT2D eigenvalue weighted by Gasteiger charge is 2.07. The molecule has 1 aromatic rings. The summed E-state index contributed by atoms with van der Waals surface area (Å²) < 4.78 is 5.38. The summed E-state index contributed by atoms with van der Waals surface area (Å²) >= 11 is 10.7. The van der Waals surface area contributed by atoms with Crippen LogP contribution < -0.4 is 20.9 Å². The SMILES string of the molecule is CCCCC(=O)NC(=S)NNC(=O)COc1ccc(Cl)cc1C. The zero-order valence-corrected chi connectivity index (χ0v) is 14.6. The van der Waals surface area contributed by atoms with Crippen molar-refractivity contribution >= 4 is 40.7 Å². The standard InChI is InChI=1S/C15H20ClN3O3S/c1-3-4-5-13(20)17-15(23)19-18-14(21)9-22-12-7-6-11(16)8-10(12)2/h6-8H,3-5,9H2,1-2H3,(H,18,21)(H2,17,19,20,23). The normalized spacial score (nSPS) is 9.87. The first kappa shape index (κ1) is 19.2. The van der Waals surface area contributed by atoms with Crippen molar-refractivity contribution in [2.24, 2.45) is 0 Å². The summed E-state index contributed by atoms with van der Waals surface area (Å²) in [7, 11) is 0. The van der Waals surface area contributed by atoms with E-state index in [2.05, 4.69) is 16.2 Å². The Hall–Kier alpha value is -1.86. The molecule has 0 aromatic heterocycles.